The number of fused-ring (bicyclic) bond motifs is 1. The molecular formula is C25H36FN5O2. The maximum Gasteiger partial charge on any atom is 0.246 e. The van der Waals surface area contributed by atoms with E-state index in [-0.39, 0.29) is 12.0 Å². The number of likely N-dealkylation sites (tertiary alicyclic amines) is 1. The quantitative estimate of drug-likeness (QED) is 0.641. The van der Waals surface area contributed by atoms with Gasteiger partial charge in [-0.3, -0.25) is 4.79 Å². The first-order chi connectivity index (χ1) is 15.9. The van der Waals surface area contributed by atoms with Gasteiger partial charge in [0.05, 0.1) is 18.4 Å². The van der Waals surface area contributed by atoms with Crippen LogP contribution in [-0.4, -0.2) is 76.6 Å². The van der Waals surface area contributed by atoms with Crippen molar-refractivity contribution in [3.05, 3.63) is 42.4 Å². The van der Waals surface area contributed by atoms with Gasteiger partial charge in [0.25, 0.3) is 0 Å². The van der Waals surface area contributed by atoms with E-state index in [0.717, 1.165) is 49.5 Å². The number of hydrogen-bond donors (Lipinski definition) is 1. The molecule has 2 atom stereocenters. The van der Waals surface area contributed by atoms with Crippen molar-refractivity contribution in [1.82, 2.24) is 19.2 Å². The number of hydrogen-bond acceptors (Lipinski definition) is 5. The van der Waals surface area contributed by atoms with Gasteiger partial charge in [-0.2, -0.15) is 0 Å². The Hall–Kier alpha value is -2.45. The molecule has 4 rings (SSSR count). The van der Waals surface area contributed by atoms with Crippen LogP contribution in [0.2, 0.25) is 0 Å². The number of pyridine rings is 1. The van der Waals surface area contributed by atoms with Crippen LogP contribution in [0.3, 0.4) is 0 Å². The number of carbonyl (C=O) groups excluding carboxylic acids is 1. The van der Waals surface area contributed by atoms with Crippen LogP contribution in [0.4, 0.5) is 10.1 Å². The van der Waals surface area contributed by atoms with Crippen molar-refractivity contribution in [3.63, 3.8) is 0 Å². The summed E-state index contributed by atoms with van der Waals surface area (Å²) in [6.07, 6.45) is 6.12. The molecule has 4 heterocycles. The molecule has 1 amide bonds. The van der Waals surface area contributed by atoms with Crippen molar-refractivity contribution in [2.24, 2.45) is 0 Å². The molecule has 2 fully saturated rings. The Morgan fingerprint density at radius 1 is 1.33 bits per heavy atom. The fourth-order valence-electron chi connectivity index (χ4n) is 4.80. The first-order valence-electron chi connectivity index (χ1n) is 12.0. The molecule has 0 radical (unpaired) electrons. The van der Waals surface area contributed by atoms with Gasteiger partial charge in [0.15, 0.2) is 5.65 Å². The molecule has 1 unspecified atom stereocenters. The Morgan fingerprint density at radius 3 is 2.76 bits per heavy atom. The standard InChI is InChI=1S/C25H36FN5O2/c1-5-24(32)30-10-11-33-21(16-30)15-29-8-6-20(7-9-29)28-22-12-19(18(4)26)14-31-23(17(2)3)13-27-25(22)31/h5,12-14,17-18,20-21,28H,1,6-11,15-16H2,2-4H3/t18?,21-/m1/s1. The minimum atomic E-state index is -1.04. The second-order valence-corrected chi connectivity index (χ2v) is 9.53. The lowest BCUT2D eigenvalue weighted by atomic mass is 10.0. The lowest BCUT2D eigenvalue weighted by molar-refractivity contribution is -0.134. The molecular weight excluding hydrogens is 421 g/mol. The van der Waals surface area contributed by atoms with E-state index in [4.69, 9.17) is 4.74 Å². The highest BCUT2D eigenvalue weighted by atomic mass is 19.1. The van der Waals surface area contributed by atoms with Crippen LogP contribution in [0.15, 0.2) is 31.1 Å². The summed E-state index contributed by atoms with van der Waals surface area (Å²) >= 11 is 0. The number of halogens is 1. The third-order valence-electron chi connectivity index (χ3n) is 6.74. The summed E-state index contributed by atoms with van der Waals surface area (Å²) in [5, 5.41) is 3.65. The normalized spacial score (nSPS) is 21.5. The van der Waals surface area contributed by atoms with Crippen molar-refractivity contribution >= 4 is 17.2 Å². The molecule has 180 valence electrons. The van der Waals surface area contributed by atoms with Crippen molar-refractivity contribution in [1.29, 1.82) is 0 Å². The van der Waals surface area contributed by atoms with Crippen LogP contribution < -0.4 is 5.32 Å². The first kappa shape index (κ1) is 23.7. The van der Waals surface area contributed by atoms with Crippen molar-refractivity contribution < 1.29 is 13.9 Å². The van der Waals surface area contributed by atoms with Gasteiger partial charge in [-0.1, -0.05) is 20.4 Å². The molecule has 0 bridgehead atoms. The molecule has 8 heteroatoms. The monoisotopic (exact) mass is 457 g/mol. The highest BCUT2D eigenvalue weighted by Crippen LogP contribution is 2.29. The first-order valence-corrected chi connectivity index (χ1v) is 12.0. The maximum absolute atomic E-state index is 14.2. The van der Waals surface area contributed by atoms with Crippen LogP contribution >= 0.6 is 0 Å². The summed E-state index contributed by atoms with van der Waals surface area (Å²) in [6, 6.07) is 2.21. The zero-order valence-electron chi connectivity index (χ0n) is 20.0. The summed E-state index contributed by atoms with van der Waals surface area (Å²) in [4.78, 5) is 20.8. The fraction of sp³-hybridized carbons (Fsp3) is 0.600. The molecule has 1 N–H and O–H groups in total. The number of alkyl halides is 1. The summed E-state index contributed by atoms with van der Waals surface area (Å²) in [5.41, 5.74) is 3.50. The van der Waals surface area contributed by atoms with Gasteiger partial charge in [0.1, 0.15) is 6.17 Å². The summed E-state index contributed by atoms with van der Waals surface area (Å²) < 4.78 is 22.2. The summed E-state index contributed by atoms with van der Waals surface area (Å²) in [7, 11) is 0. The number of morpholine rings is 1. The van der Waals surface area contributed by atoms with Crippen molar-refractivity contribution in [2.45, 2.75) is 57.8 Å². The highest BCUT2D eigenvalue weighted by molar-refractivity contribution is 5.87. The fourth-order valence-corrected chi connectivity index (χ4v) is 4.80. The number of anilines is 1. The predicted octanol–water partition coefficient (Wildman–Crippen LogP) is 3.78. The number of amides is 1. The second-order valence-electron chi connectivity index (χ2n) is 9.53. The third-order valence-corrected chi connectivity index (χ3v) is 6.74. The number of nitrogens with zero attached hydrogens (tertiary/aromatic N) is 4. The lowest BCUT2D eigenvalue weighted by Crippen LogP contribution is -2.51. The molecule has 0 spiro atoms. The number of imidazole rings is 1. The number of rotatable bonds is 7. The smallest absolute Gasteiger partial charge is 0.246 e. The Bertz CT molecular complexity index is 981. The van der Waals surface area contributed by atoms with E-state index in [1.54, 1.807) is 6.92 Å². The summed E-state index contributed by atoms with van der Waals surface area (Å²) in [6.45, 7) is 14.0. The molecule has 2 aromatic heterocycles. The Morgan fingerprint density at radius 2 is 2.09 bits per heavy atom. The molecule has 0 aromatic carbocycles. The Labute approximate surface area is 195 Å². The van der Waals surface area contributed by atoms with E-state index < -0.39 is 6.17 Å². The SMILES string of the molecule is C=CC(=O)N1CCO[C@H](CN2CCC(Nc3cc(C(C)F)cn4c(C(C)C)cnc34)CC2)C1. The third kappa shape index (κ3) is 5.38. The van der Waals surface area contributed by atoms with Gasteiger partial charge in [-0.15, -0.1) is 0 Å². The van der Waals surface area contributed by atoms with Crippen LogP contribution in [-0.2, 0) is 9.53 Å². The second kappa shape index (κ2) is 10.2. The van der Waals surface area contributed by atoms with Crippen LogP contribution in [0, 0.1) is 0 Å². The van der Waals surface area contributed by atoms with Gasteiger partial charge >= 0.3 is 0 Å². The van der Waals surface area contributed by atoms with Gasteiger partial charge in [0.2, 0.25) is 5.91 Å². The maximum atomic E-state index is 14.2. The van der Waals surface area contributed by atoms with E-state index in [2.05, 4.69) is 35.6 Å². The minimum absolute atomic E-state index is 0.0260. The van der Waals surface area contributed by atoms with E-state index in [1.807, 2.05) is 27.8 Å². The van der Waals surface area contributed by atoms with Crippen LogP contribution in [0.1, 0.15) is 57.0 Å². The zero-order chi connectivity index (χ0) is 23.5. The van der Waals surface area contributed by atoms with E-state index in [9.17, 15) is 9.18 Å². The molecule has 2 aliphatic heterocycles. The van der Waals surface area contributed by atoms with Crippen LogP contribution in [0.25, 0.3) is 5.65 Å². The van der Waals surface area contributed by atoms with Gasteiger partial charge in [-0.05, 0) is 37.8 Å². The molecule has 2 saturated heterocycles. The van der Waals surface area contributed by atoms with Gasteiger partial charge in [0, 0.05) is 62.4 Å². The van der Waals surface area contributed by atoms with E-state index in [0.29, 0.717) is 37.2 Å². The summed E-state index contributed by atoms with van der Waals surface area (Å²) in [5.74, 6) is 0.280. The number of piperidine rings is 1. The molecule has 0 aliphatic carbocycles. The largest absolute Gasteiger partial charge is 0.379 e. The van der Waals surface area contributed by atoms with Crippen molar-refractivity contribution in [3.8, 4) is 0 Å². The van der Waals surface area contributed by atoms with Crippen molar-refractivity contribution in [2.75, 3.05) is 44.6 Å². The van der Waals surface area contributed by atoms with Gasteiger partial charge < -0.3 is 24.3 Å². The molecule has 0 saturated carbocycles. The molecule has 33 heavy (non-hydrogen) atoms. The molecule has 7 nitrogen and oxygen atoms in total. The topological polar surface area (TPSA) is 62.1 Å². The molecule has 2 aromatic rings. The van der Waals surface area contributed by atoms with E-state index >= 15 is 0 Å². The molecule has 2 aliphatic rings. The Balaban J connectivity index is 1.38. The number of ether oxygens (including phenoxy) is 1. The number of aromatic nitrogens is 2. The average molecular weight is 458 g/mol. The Kier molecular flexibility index (Phi) is 7.34. The predicted molar refractivity (Wildman–Crippen MR) is 128 cm³/mol. The minimum Gasteiger partial charge on any atom is -0.379 e. The van der Waals surface area contributed by atoms with E-state index in [1.165, 1.54) is 6.08 Å². The van der Waals surface area contributed by atoms with Gasteiger partial charge in [-0.25, -0.2) is 9.37 Å². The zero-order valence-corrected chi connectivity index (χ0v) is 20.0. The number of nitrogens with one attached hydrogen (secondary N) is 1. The highest BCUT2D eigenvalue weighted by Gasteiger charge is 2.27. The van der Waals surface area contributed by atoms with Crippen LogP contribution in [0.5, 0.6) is 0 Å². The number of carbonyl (C=O) groups is 1. The average Bonchev–Trinajstić information content (AvgIpc) is 3.25. The lowest BCUT2D eigenvalue weighted by Gasteiger charge is -2.38.